The minimum atomic E-state index is 0.409. The van der Waals surface area contributed by atoms with Crippen LogP contribution in [-0.4, -0.2) is 4.98 Å². The zero-order chi connectivity index (χ0) is 13.2. The van der Waals surface area contributed by atoms with Crippen molar-refractivity contribution < 1.29 is 4.74 Å². The molecule has 2 N–H and O–H groups in total. The Morgan fingerprint density at radius 1 is 1.21 bits per heavy atom. The van der Waals surface area contributed by atoms with Gasteiger partial charge >= 0.3 is 0 Å². The third-order valence-electron chi connectivity index (χ3n) is 3.40. The summed E-state index contributed by atoms with van der Waals surface area (Å²) < 4.78 is 6.78. The smallest absolute Gasteiger partial charge is 0.223 e. The maximum Gasteiger partial charge on any atom is 0.223 e. The molecule has 2 aromatic rings. The van der Waals surface area contributed by atoms with Gasteiger partial charge < -0.3 is 10.5 Å². The second-order valence-electron chi connectivity index (χ2n) is 4.71. The largest absolute Gasteiger partial charge is 0.439 e. The maximum atomic E-state index is 5.87. The lowest BCUT2D eigenvalue weighted by molar-refractivity contribution is 0.455. The van der Waals surface area contributed by atoms with Gasteiger partial charge in [0.15, 0.2) is 0 Å². The number of aromatic nitrogens is 1. The van der Waals surface area contributed by atoms with Crippen LogP contribution in [0.1, 0.15) is 23.1 Å². The summed E-state index contributed by atoms with van der Waals surface area (Å²) in [6.45, 7) is 0.409. The van der Waals surface area contributed by atoms with Crippen molar-refractivity contribution in [1.29, 1.82) is 0 Å². The lowest BCUT2D eigenvalue weighted by Crippen LogP contribution is -2.01. The molecule has 98 valence electrons. The van der Waals surface area contributed by atoms with E-state index in [1.165, 1.54) is 24.0 Å². The van der Waals surface area contributed by atoms with Gasteiger partial charge in [0.25, 0.3) is 0 Å². The summed E-state index contributed by atoms with van der Waals surface area (Å²) in [5.41, 5.74) is 9.45. The molecule has 0 amide bonds. The normalized spacial score (nSPS) is 13.4. The molecule has 1 aromatic heterocycles. The van der Waals surface area contributed by atoms with Gasteiger partial charge in [-0.3, -0.25) is 0 Å². The molecule has 0 fully saturated rings. The van der Waals surface area contributed by atoms with Crippen LogP contribution in [0.15, 0.2) is 34.9 Å². The van der Waals surface area contributed by atoms with E-state index in [4.69, 9.17) is 10.5 Å². The van der Waals surface area contributed by atoms with Crippen molar-refractivity contribution in [3.63, 3.8) is 0 Å². The first-order valence-electron chi connectivity index (χ1n) is 6.40. The molecule has 1 aromatic carbocycles. The number of hydrogen-bond donors (Lipinski definition) is 1. The van der Waals surface area contributed by atoms with E-state index in [-0.39, 0.29) is 0 Å². The predicted molar refractivity (Wildman–Crippen MR) is 78.4 cm³/mol. The van der Waals surface area contributed by atoms with E-state index in [1.54, 1.807) is 6.20 Å². The third-order valence-corrected chi connectivity index (χ3v) is 3.83. The van der Waals surface area contributed by atoms with Crippen molar-refractivity contribution in [1.82, 2.24) is 4.98 Å². The highest BCUT2D eigenvalue weighted by atomic mass is 79.9. The molecular formula is C15H15BrN2O. The number of benzene rings is 1. The molecule has 0 spiro atoms. The van der Waals surface area contributed by atoms with Crippen molar-refractivity contribution >= 4 is 15.9 Å². The quantitative estimate of drug-likeness (QED) is 0.940. The average molecular weight is 319 g/mol. The average Bonchev–Trinajstić information content (AvgIpc) is 2.88. The van der Waals surface area contributed by atoms with Crippen molar-refractivity contribution in [2.24, 2.45) is 5.73 Å². The number of hydrogen-bond acceptors (Lipinski definition) is 3. The molecule has 0 radical (unpaired) electrons. The molecule has 4 heteroatoms. The fourth-order valence-electron chi connectivity index (χ4n) is 2.43. The van der Waals surface area contributed by atoms with Crippen LogP contribution in [0.3, 0.4) is 0 Å². The van der Waals surface area contributed by atoms with Crippen LogP contribution in [0.2, 0.25) is 0 Å². The number of nitrogens with two attached hydrogens (primary N) is 1. The van der Waals surface area contributed by atoms with E-state index in [1.807, 2.05) is 12.1 Å². The zero-order valence-corrected chi connectivity index (χ0v) is 12.1. The Kier molecular flexibility index (Phi) is 3.53. The summed E-state index contributed by atoms with van der Waals surface area (Å²) in [5.74, 6) is 1.42. The van der Waals surface area contributed by atoms with Gasteiger partial charge in [0.1, 0.15) is 5.75 Å². The Hall–Kier alpha value is -1.39. The number of halogens is 1. The number of aryl methyl sites for hydroxylation is 2. The first-order chi connectivity index (χ1) is 9.26. The molecule has 0 aliphatic heterocycles. The van der Waals surface area contributed by atoms with Gasteiger partial charge in [0, 0.05) is 22.8 Å². The van der Waals surface area contributed by atoms with Gasteiger partial charge in [-0.05, 0) is 64.5 Å². The van der Waals surface area contributed by atoms with Crippen molar-refractivity contribution in [3.8, 4) is 11.6 Å². The molecule has 19 heavy (non-hydrogen) atoms. The number of fused-ring (bicyclic) bond motifs is 1. The highest BCUT2D eigenvalue weighted by molar-refractivity contribution is 9.10. The van der Waals surface area contributed by atoms with Crippen LogP contribution in [0.5, 0.6) is 11.6 Å². The molecule has 0 atom stereocenters. The van der Waals surface area contributed by atoms with Crippen LogP contribution in [0.25, 0.3) is 0 Å². The lowest BCUT2D eigenvalue weighted by atomic mass is 10.1. The Morgan fingerprint density at radius 2 is 2.05 bits per heavy atom. The highest BCUT2D eigenvalue weighted by Gasteiger charge is 2.12. The van der Waals surface area contributed by atoms with Gasteiger partial charge in [0.2, 0.25) is 5.88 Å². The highest BCUT2D eigenvalue weighted by Crippen LogP contribution is 2.30. The first-order valence-corrected chi connectivity index (χ1v) is 7.20. The summed E-state index contributed by atoms with van der Waals surface area (Å²) in [6, 6.07) is 8.22. The first kappa shape index (κ1) is 12.6. The second kappa shape index (κ2) is 5.31. The van der Waals surface area contributed by atoms with Crippen LogP contribution in [-0.2, 0) is 19.4 Å². The van der Waals surface area contributed by atoms with Crippen molar-refractivity contribution in [3.05, 3.63) is 51.6 Å². The Labute approximate surface area is 120 Å². The fourth-order valence-corrected chi connectivity index (χ4v) is 2.81. The van der Waals surface area contributed by atoms with Gasteiger partial charge in [-0.25, -0.2) is 4.98 Å². The van der Waals surface area contributed by atoms with Crippen LogP contribution < -0.4 is 10.5 Å². The number of rotatable bonds is 3. The van der Waals surface area contributed by atoms with Gasteiger partial charge in [0.05, 0.1) is 0 Å². The number of ether oxygens (including phenoxy) is 1. The van der Waals surface area contributed by atoms with E-state index in [0.717, 1.165) is 22.2 Å². The molecule has 0 saturated carbocycles. The van der Waals surface area contributed by atoms with Crippen LogP contribution >= 0.6 is 15.9 Å². The summed E-state index contributed by atoms with van der Waals surface area (Å²) >= 11 is 3.39. The lowest BCUT2D eigenvalue weighted by Gasteiger charge is -2.10. The monoisotopic (exact) mass is 318 g/mol. The standard InChI is InChI=1S/C15H15BrN2O/c16-13-6-12(8-17)15(18-9-13)19-14-5-4-10-2-1-3-11(10)7-14/h4-7,9H,1-3,8,17H2. The Bertz CT molecular complexity index is 613. The minimum absolute atomic E-state index is 0.409. The third kappa shape index (κ3) is 2.65. The summed E-state index contributed by atoms with van der Waals surface area (Å²) in [6.07, 6.45) is 5.29. The Balaban J connectivity index is 1.89. The molecule has 0 bridgehead atoms. The molecular weight excluding hydrogens is 304 g/mol. The minimum Gasteiger partial charge on any atom is -0.439 e. The predicted octanol–water partition coefficient (Wildman–Crippen LogP) is 3.58. The number of pyridine rings is 1. The molecule has 0 unspecified atom stereocenters. The van der Waals surface area contributed by atoms with Gasteiger partial charge in [-0.15, -0.1) is 0 Å². The Morgan fingerprint density at radius 3 is 2.89 bits per heavy atom. The number of nitrogens with zero attached hydrogens (tertiary/aromatic N) is 1. The summed E-state index contributed by atoms with van der Waals surface area (Å²) in [7, 11) is 0. The summed E-state index contributed by atoms with van der Waals surface area (Å²) in [5, 5.41) is 0. The van der Waals surface area contributed by atoms with E-state index in [0.29, 0.717) is 12.4 Å². The van der Waals surface area contributed by atoms with E-state index in [9.17, 15) is 0 Å². The topological polar surface area (TPSA) is 48.1 Å². The molecule has 1 heterocycles. The zero-order valence-electron chi connectivity index (χ0n) is 10.5. The molecule has 0 saturated heterocycles. The van der Waals surface area contributed by atoms with Crippen LogP contribution in [0.4, 0.5) is 0 Å². The van der Waals surface area contributed by atoms with Crippen molar-refractivity contribution in [2.75, 3.05) is 0 Å². The van der Waals surface area contributed by atoms with Gasteiger partial charge in [-0.2, -0.15) is 0 Å². The summed E-state index contributed by atoms with van der Waals surface area (Å²) in [4.78, 5) is 4.29. The molecule has 1 aliphatic carbocycles. The van der Waals surface area contributed by atoms with Crippen LogP contribution in [0, 0.1) is 0 Å². The van der Waals surface area contributed by atoms with E-state index in [2.05, 4.69) is 33.0 Å². The molecule has 1 aliphatic rings. The van der Waals surface area contributed by atoms with E-state index >= 15 is 0 Å². The SMILES string of the molecule is NCc1cc(Br)cnc1Oc1ccc2c(c1)CCC2. The van der Waals surface area contributed by atoms with Gasteiger partial charge in [-0.1, -0.05) is 6.07 Å². The second-order valence-corrected chi connectivity index (χ2v) is 5.62. The fraction of sp³-hybridized carbons (Fsp3) is 0.267. The van der Waals surface area contributed by atoms with Crippen molar-refractivity contribution in [2.45, 2.75) is 25.8 Å². The van der Waals surface area contributed by atoms with E-state index < -0.39 is 0 Å². The molecule has 3 nitrogen and oxygen atoms in total. The molecule has 3 rings (SSSR count). The maximum absolute atomic E-state index is 5.87.